The zero-order valence-electron chi connectivity index (χ0n) is 17.7. The summed E-state index contributed by atoms with van der Waals surface area (Å²) >= 11 is 3.36. The predicted octanol–water partition coefficient (Wildman–Crippen LogP) is 4.27. The van der Waals surface area contributed by atoms with Crippen LogP contribution in [0.25, 0.3) is 0 Å². The smallest absolute Gasteiger partial charge is 0.264 e. The van der Waals surface area contributed by atoms with Crippen molar-refractivity contribution in [3.05, 3.63) is 52.5 Å². The highest BCUT2D eigenvalue weighted by Crippen LogP contribution is 2.44. The largest absolute Gasteiger partial charge is 0.496 e. The maximum absolute atomic E-state index is 13.6. The van der Waals surface area contributed by atoms with Crippen LogP contribution in [0.2, 0.25) is 0 Å². The van der Waals surface area contributed by atoms with E-state index in [4.69, 9.17) is 4.74 Å². The predicted molar refractivity (Wildman–Crippen MR) is 124 cm³/mol. The lowest BCUT2D eigenvalue weighted by Crippen LogP contribution is -2.46. The number of nitrogens with one attached hydrogen (secondary N) is 1. The molecule has 0 aromatic heterocycles. The molecule has 1 N–H and O–H groups in total. The van der Waals surface area contributed by atoms with E-state index in [1.165, 1.54) is 36.4 Å². The highest BCUT2D eigenvalue weighted by molar-refractivity contribution is 9.10. The zero-order chi connectivity index (χ0) is 22.2. The van der Waals surface area contributed by atoms with Crippen molar-refractivity contribution in [3.63, 3.8) is 0 Å². The first-order valence-electron chi connectivity index (χ1n) is 10.5. The molecule has 0 saturated heterocycles. The molecular weight excluding hydrogens is 480 g/mol. The first-order chi connectivity index (χ1) is 14.8. The summed E-state index contributed by atoms with van der Waals surface area (Å²) in [5, 5.41) is 3.10. The summed E-state index contributed by atoms with van der Waals surface area (Å²) in [4.78, 5) is 13.0. The van der Waals surface area contributed by atoms with E-state index in [0.717, 1.165) is 18.4 Å². The molecule has 6 nitrogen and oxygen atoms in total. The number of hydrogen-bond acceptors (Lipinski definition) is 4. The summed E-state index contributed by atoms with van der Waals surface area (Å²) in [7, 11) is -2.45. The van der Waals surface area contributed by atoms with Crippen molar-refractivity contribution in [2.45, 2.75) is 43.5 Å². The molecule has 1 amide bonds. The molecule has 8 heteroatoms. The summed E-state index contributed by atoms with van der Waals surface area (Å²) in [6, 6.07) is 11.9. The molecule has 2 fully saturated rings. The molecular formula is C23H27BrN2O4S. The van der Waals surface area contributed by atoms with Gasteiger partial charge in [0, 0.05) is 6.04 Å². The number of anilines is 1. The number of amides is 1. The molecule has 2 aliphatic rings. The van der Waals surface area contributed by atoms with Crippen LogP contribution < -0.4 is 14.4 Å². The summed E-state index contributed by atoms with van der Waals surface area (Å²) in [5.41, 5.74) is 1.47. The molecule has 2 aliphatic carbocycles. The fourth-order valence-electron chi connectivity index (χ4n) is 4.77. The normalized spacial score (nSPS) is 22.4. The van der Waals surface area contributed by atoms with E-state index < -0.39 is 10.0 Å². The number of nitrogens with zero attached hydrogens (tertiary/aromatic N) is 1. The molecule has 0 spiro atoms. The van der Waals surface area contributed by atoms with Crippen molar-refractivity contribution in [2.24, 2.45) is 11.8 Å². The quantitative estimate of drug-likeness (QED) is 0.608. The number of fused-ring (bicyclic) bond motifs is 2. The van der Waals surface area contributed by atoms with E-state index >= 15 is 0 Å². The number of benzene rings is 2. The van der Waals surface area contributed by atoms with Crippen LogP contribution in [0.4, 0.5) is 5.69 Å². The lowest BCUT2D eigenvalue weighted by molar-refractivity contribution is -0.120. The van der Waals surface area contributed by atoms with Gasteiger partial charge in [0.25, 0.3) is 10.0 Å². The molecule has 166 valence electrons. The fourth-order valence-corrected chi connectivity index (χ4v) is 6.91. The number of aryl methyl sites for hydroxylation is 1. The third-order valence-corrected chi connectivity index (χ3v) is 8.79. The second-order valence-corrected chi connectivity index (χ2v) is 11.2. The van der Waals surface area contributed by atoms with Crippen molar-refractivity contribution >= 4 is 37.5 Å². The topological polar surface area (TPSA) is 75.7 Å². The molecule has 3 atom stereocenters. The van der Waals surface area contributed by atoms with Gasteiger partial charge in [0.15, 0.2) is 0 Å². The van der Waals surface area contributed by atoms with Gasteiger partial charge < -0.3 is 10.1 Å². The second kappa shape index (κ2) is 8.82. The van der Waals surface area contributed by atoms with Crippen molar-refractivity contribution in [3.8, 4) is 5.75 Å². The molecule has 2 saturated carbocycles. The molecule has 2 bridgehead atoms. The lowest BCUT2D eigenvalue weighted by atomic mass is 9.95. The van der Waals surface area contributed by atoms with Gasteiger partial charge in [-0.25, -0.2) is 8.42 Å². The van der Waals surface area contributed by atoms with Crippen LogP contribution in [0, 0.1) is 18.8 Å². The molecule has 31 heavy (non-hydrogen) atoms. The summed E-state index contributed by atoms with van der Waals surface area (Å²) < 4.78 is 34.0. The van der Waals surface area contributed by atoms with E-state index in [-0.39, 0.29) is 23.4 Å². The van der Waals surface area contributed by atoms with Crippen molar-refractivity contribution in [2.75, 3.05) is 18.0 Å². The van der Waals surface area contributed by atoms with E-state index in [2.05, 4.69) is 21.2 Å². The number of carbonyl (C=O) groups is 1. The average Bonchev–Trinajstić information content (AvgIpc) is 3.36. The number of methoxy groups -OCH3 is 1. The van der Waals surface area contributed by atoms with E-state index in [0.29, 0.717) is 27.7 Å². The van der Waals surface area contributed by atoms with Gasteiger partial charge >= 0.3 is 0 Å². The minimum absolute atomic E-state index is 0.0912. The number of rotatable bonds is 7. The Balaban J connectivity index is 1.61. The van der Waals surface area contributed by atoms with Gasteiger partial charge in [-0.3, -0.25) is 9.10 Å². The minimum Gasteiger partial charge on any atom is -0.496 e. The van der Waals surface area contributed by atoms with Gasteiger partial charge in [0.05, 0.1) is 22.2 Å². The molecule has 0 heterocycles. The van der Waals surface area contributed by atoms with Crippen LogP contribution in [0.5, 0.6) is 5.75 Å². The first-order valence-corrected chi connectivity index (χ1v) is 12.7. The maximum atomic E-state index is 13.6. The molecule has 4 rings (SSSR count). The van der Waals surface area contributed by atoms with Gasteiger partial charge in [-0.2, -0.15) is 0 Å². The van der Waals surface area contributed by atoms with Crippen molar-refractivity contribution < 1.29 is 17.9 Å². The van der Waals surface area contributed by atoms with E-state index in [9.17, 15) is 13.2 Å². The highest BCUT2D eigenvalue weighted by atomic mass is 79.9. The minimum atomic E-state index is -3.97. The molecule has 2 aromatic rings. The summed E-state index contributed by atoms with van der Waals surface area (Å²) in [6.45, 7) is 1.67. The number of hydrogen-bond donors (Lipinski definition) is 1. The second-order valence-electron chi connectivity index (χ2n) is 8.49. The fraction of sp³-hybridized carbons (Fsp3) is 0.435. The van der Waals surface area contributed by atoms with E-state index in [1.54, 1.807) is 18.2 Å². The molecule has 0 radical (unpaired) electrons. The van der Waals surface area contributed by atoms with E-state index in [1.807, 2.05) is 19.1 Å². The van der Waals surface area contributed by atoms with Crippen LogP contribution >= 0.6 is 15.9 Å². The van der Waals surface area contributed by atoms with Crippen LogP contribution in [0.3, 0.4) is 0 Å². The maximum Gasteiger partial charge on any atom is 0.264 e. The number of ether oxygens (including phenoxy) is 1. The Hall–Kier alpha value is -2.06. The Morgan fingerprint density at radius 3 is 2.48 bits per heavy atom. The Labute approximate surface area is 192 Å². The van der Waals surface area contributed by atoms with Crippen molar-refractivity contribution in [1.29, 1.82) is 0 Å². The highest BCUT2D eigenvalue weighted by Gasteiger charge is 2.40. The Kier molecular flexibility index (Phi) is 6.30. The van der Waals surface area contributed by atoms with Crippen LogP contribution in [-0.2, 0) is 14.8 Å². The average molecular weight is 507 g/mol. The molecule has 0 aliphatic heterocycles. The summed E-state index contributed by atoms with van der Waals surface area (Å²) in [5.74, 6) is 1.49. The number of sulfonamides is 1. The first kappa shape index (κ1) is 22.1. The Morgan fingerprint density at radius 1 is 1.16 bits per heavy atom. The zero-order valence-corrected chi connectivity index (χ0v) is 20.1. The van der Waals surface area contributed by atoms with Crippen LogP contribution in [0.1, 0.15) is 31.2 Å². The third kappa shape index (κ3) is 4.60. The number of halogens is 1. The summed E-state index contributed by atoms with van der Waals surface area (Å²) in [6.07, 6.45) is 4.56. The van der Waals surface area contributed by atoms with Crippen LogP contribution in [-0.4, -0.2) is 34.0 Å². The van der Waals surface area contributed by atoms with Crippen molar-refractivity contribution in [1.82, 2.24) is 5.32 Å². The van der Waals surface area contributed by atoms with Gasteiger partial charge in [-0.15, -0.1) is 0 Å². The van der Waals surface area contributed by atoms with Crippen LogP contribution in [0.15, 0.2) is 51.8 Å². The standard InChI is InChI=1S/C23H27BrN2O4S/c1-15-3-7-18(8-4-15)26(14-23(27)25-21-12-16-5-6-17(21)11-16)31(28,29)19-9-10-22(30-2)20(24)13-19/h3-4,7-10,13,16-17,21H,5-6,11-12,14H2,1-2H3,(H,25,27)/t16-,17+,21+/m0/s1. The molecule has 0 unspecified atom stereocenters. The van der Waals surface area contributed by atoms with Gasteiger partial charge in [0.2, 0.25) is 5.91 Å². The Bertz CT molecular complexity index is 1070. The van der Waals surface area contributed by atoms with Gasteiger partial charge in [0.1, 0.15) is 12.3 Å². The van der Waals surface area contributed by atoms with Gasteiger partial charge in [-0.1, -0.05) is 24.1 Å². The third-order valence-electron chi connectivity index (χ3n) is 6.40. The number of carbonyl (C=O) groups excluding carboxylic acids is 1. The monoisotopic (exact) mass is 506 g/mol. The SMILES string of the molecule is COc1ccc(S(=O)(=O)N(CC(=O)N[C@@H]2C[C@H]3CC[C@@H]2C3)c2ccc(C)cc2)cc1Br. The lowest BCUT2D eigenvalue weighted by Gasteiger charge is -2.27. The van der Waals surface area contributed by atoms with Gasteiger partial charge in [-0.05, 0) is 84.3 Å². The Morgan fingerprint density at radius 2 is 1.90 bits per heavy atom. The molecule has 2 aromatic carbocycles.